The third-order valence-electron chi connectivity index (χ3n) is 4.43. The molecule has 2 amide bonds. The van der Waals surface area contributed by atoms with Crippen molar-refractivity contribution in [3.8, 4) is 0 Å². The van der Waals surface area contributed by atoms with Gasteiger partial charge in [0.1, 0.15) is 0 Å². The lowest BCUT2D eigenvalue weighted by molar-refractivity contribution is -0.0308. The van der Waals surface area contributed by atoms with Crippen LogP contribution in [0.15, 0.2) is 12.4 Å². The van der Waals surface area contributed by atoms with E-state index in [1.807, 2.05) is 18.1 Å². The van der Waals surface area contributed by atoms with Crippen LogP contribution in [0.3, 0.4) is 0 Å². The summed E-state index contributed by atoms with van der Waals surface area (Å²) in [7, 11) is 3.98. The summed E-state index contributed by atoms with van der Waals surface area (Å²) in [6.07, 6.45) is 6.28. The van der Waals surface area contributed by atoms with E-state index < -0.39 is 0 Å². The zero-order valence-electron chi connectivity index (χ0n) is 14.1. The second-order valence-electron chi connectivity index (χ2n) is 6.78. The quantitative estimate of drug-likeness (QED) is 0.837. The molecule has 0 radical (unpaired) electrons. The van der Waals surface area contributed by atoms with E-state index in [9.17, 15) is 4.79 Å². The maximum Gasteiger partial charge on any atom is 0.317 e. The van der Waals surface area contributed by atoms with Crippen molar-refractivity contribution >= 4 is 6.03 Å². The number of aromatic nitrogens is 2. The van der Waals surface area contributed by atoms with Crippen LogP contribution >= 0.6 is 0 Å². The molecular weight excluding hydrogens is 294 g/mol. The van der Waals surface area contributed by atoms with Crippen LogP contribution in [0.4, 0.5) is 4.79 Å². The summed E-state index contributed by atoms with van der Waals surface area (Å²) in [4.78, 5) is 16.7. The predicted octanol–water partition coefficient (Wildman–Crippen LogP) is 0.672. The zero-order valence-corrected chi connectivity index (χ0v) is 14.1. The number of ether oxygens (including phenoxy) is 1. The number of carbonyl (C=O) groups excluding carboxylic acids is 1. The van der Waals surface area contributed by atoms with Crippen LogP contribution in [-0.2, 0) is 18.3 Å². The number of urea groups is 1. The maximum atomic E-state index is 12.6. The van der Waals surface area contributed by atoms with E-state index >= 15 is 0 Å². The van der Waals surface area contributed by atoms with Gasteiger partial charge in [0.15, 0.2) is 0 Å². The average Bonchev–Trinajstić information content (AvgIpc) is 3.24. The van der Waals surface area contributed by atoms with E-state index in [-0.39, 0.29) is 12.1 Å². The molecule has 2 aliphatic rings. The Morgan fingerprint density at radius 2 is 2.26 bits per heavy atom. The lowest BCUT2D eigenvalue weighted by atomic mass is 10.2. The van der Waals surface area contributed by atoms with Gasteiger partial charge in [-0.1, -0.05) is 0 Å². The summed E-state index contributed by atoms with van der Waals surface area (Å²) in [5, 5.41) is 7.14. The van der Waals surface area contributed by atoms with Gasteiger partial charge in [0, 0.05) is 51.5 Å². The number of carbonyl (C=O) groups is 1. The molecule has 0 unspecified atom stereocenters. The van der Waals surface area contributed by atoms with E-state index in [2.05, 4.69) is 22.4 Å². The van der Waals surface area contributed by atoms with Crippen molar-refractivity contribution in [2.45, 2.75) is 25.5 Å². The molecule has 7 nitrogen and oxygen atoms in total. The number of nitrogens with zero attached hydrogens (tertiary/aromatic N) is 4. The molecule has 128 valence electrons. The van der Waals surface area contributed by atoms with Gasteiger partial charge >= 0.3 is 6.03 Å². The molecule has 23 heavy (non-hydrogen) atoms. The van der Waals surface area contributed by atoms with Gasteiger partial charge in [-0.2, -0.15) is 5.10 Å². The second kappa shape index (κ2) is 7.31. The second-order valence-corrected chi connectivity index (χ2v) is 6.78. The number of hydrogen-bond donors (Lipinski definition) is 1. The molecule has 2 fully saturated rings. The number of rotatable bonds is 6. The van der Waals surface area contributed by atoms with Gasteiger partial charge in [-0.15, -0.1) is 0 Å². The SMILES string of the molecule is CN1CCO[C@H](CN(CC2CC2)C(=O)NCc2cnn(C)c2)C1. The molecule has 1 saturated heterocycles. The number of hydrogen-bond acceptors (Lipinski definition) is 4. The molecule has 1 aliphatic heterocycles. The number of likely N-dealkylation sites (N-methyl/N-ethyl adjacent to an activating group) is 1. The molecule has 0 spiro atoms. The molecule has 1 aromatic heterocycles. The first-order chi connectivity index (χ1) is 11.1. The summed E-state index contributed by atoms with van der Waals surface area (Å²) in [6.45, 7) is 4.61. The Balaban J connectivity index is 1.52. The fraction of sp³-hybridized carbons (Fsp3) is 0.750. The fourth-order valence-corrected chi connectivity index (χ4v) is 2.93. The van der Waals surface area contributed by atoms with Gasteiger partial charge < -0.3 is 19.9 Å². The van der Waals surface area contributed by atoms with Crippen molar-refractivity contribution < 1.29 is 9.53 Å². The van der Waals surface area contributed by atoms with Gasteiger partial charge in [0.25, 0.3) is 0 Å². The molecule has 2 heterocycles. The highest BCUT2D eigenvalue weighted by atomic mass is 16.5. The van der Waals surface area contributed by atoms with E-state index in [0.29, 0.717) is 19.0 Å². The molecule has 1 aromatic rings. The van der Waals surface area contributed by atoms with Crippen LogP contribution in [0.1, 0.15) is 18.4 Å². The van der Waals surface area contributed by atoms with Crippen molar-refractivity contribution in [2.75, 3.05) is 39.8 Å². The highest BCUT2D eigenvalue weighted by Crippen LogP contribution is 2.30. The van der Waals surface area contributed by atoms with Gasteiger partial charge in [-0.05, 0) is 25.8 Å². The normalized spacial score (nSPS) is 22.1. The van der Waals surface area contributed by atoms with Crippen LogP contribution < -0.4 is 5.32 Å². The first kappa shape index (κ1) is 16.3. The molecule has 3 rings (SSSR count). The lowest BCUT2D eigenvalue weighted by Gasteiger charge is -2.34. The van der Waals surface area contributed by atoms with E-state index in [4.69, 9.17) is 4.74 Å². The Morgan fingerprint density at radius 1 is 1.43 bits per heavy atom. The Hall–Kier alpha value is -1.60. The highest BCUT2D eigenvalue weighted by Gasteiger charge is 2.29. The standard InChI is InChI=1S/C16H27N5O2/c1-19-5-6-23-15(11-19)12-21(10-13-3-4-13)16(22)17-7-14-8-18-20(2)9-14/h8-9,13,15H,3-7,10-12H2,1-2H3,(H,17,22)/t15-/m0/s1. The van der Waals surface area contributed by atoms with Gasteiger partial charge in [0.2, 0.25) is 0 Å². The Kier molecular flexibility index (Phi) is 5.17. The van der Waals surface area contributed by atoms with Gasteiger partial charge in [-0.3, -0.25) is 4.68 Å². The molecule has 0 bridgehead atoms. The van der Waals surface area contributed by atoms with Crippen molar-refractivity contribution in [2.24, 2.45) is 13.0 Å². The highest BCUT2D eigenvalue weighted by molar-refractivity contribution is 5.74. The van der Waals surface area contributed by atoms with Crippen molar-refractivity contribution in [1.29, 1.82) is 0 Å². The van der Waals surface area contributed by atoms with E-state index in [1.54, 1.807) is 10.9 Å². The van der Waals surface area contributed by atoms with E-state index in [0.717, 1.165) is 31.8 Å². The zero-order chi connectivity index (χ0) is 16.2. The summed E-state index contributed by atoms with van der Waals surface area (Å²) < 4.78 is 7.57. The van der Waals surface area contributed by atoms with Gasteiger partial charge in [0.05, 0.1) is 18.9 Å². The predicted molar refractivity (Wildman–Crippen MR) is 87.0 cm³/mol. The van der Waals surface area contributed by atoms with Crippen molar-refractivity contribution in [3.63, 3.8) is 0 Å². The maximum absolute atomic E-state index is 12.6. The van der Waals surface area contributed by atoms with Crippen LogP contribution in [0.5, 0.6) is 0 Å². The Labute approximate surface area is 137 Å². The Bertz CT molecular complexity index is 528. The van der Waals surface area contributed by atoms with Crippen LogP contribution in [0.25, 0.3) is 0 Å². The lowest BCUT2D eigenvalue weighted by Crippen LogP contribution is -2.50. The monoisotopic (exact) mass is 321 g/mol. The smallest absolute Gasteiger partial charge is 0.317 e. The minimum absolute atomic E-state index is 0.00224. The van der Waals surface area contributed by atoms with Crippen molar-refractivity contribution in [1.82, 2.24) is 24.9 Å². The molecule has 1 saturated carbocycles. The number of aryl methyl sites for hydroxylation is 1. The van der Waals surface area contributed by atoms with Crippen LogP contribution in [0.2, 0.25) is 0 Å². The number of nitrogens with one attached hydrogen (secondary N) is 1. The fourth-order valence-electron chi connectivity index (χ4n) is 2.93. The van der Waals surface area contributed by atoms with Crippen LogP contribution in [0, 0.1) is 5.92 Å². The summed E-state index contributed by atoms with van der Waals surface area (Å²) in [5.74, 6) is 0.667. The van der Waals surface area contributed by atoms with Crippen molar-refractivity contribution in [3.05, 3.63) is 18.0 Å². The largest absolute Gasteiger partial charge is 0.374 e. The first-order valence-corrected chi connectivity index (χ1v) is 8.40. The topological polar surface area (TPSA) is 62.6 Å². The summed E-state index contributed by atoms with van der Waals surface area (Å²) in [5.41, 5.74) is 1.01. The average molecular weight is 321 g/mol. The minimum atomic E-state index is -0.00224. The molecule has 1 N–H and O–H groups in total. The molecule has 1 aliphatic carbocycles. The van der Waals surface area contributed by atoms with Crippen LogP contribution in [-0.4, -0.2) is 71.5 Å². The molecule has 7 heteroatoms. The molecule has 1 atom stereocenters. The number of amides is 2. The minimum Gasteiger partial charge on any atom is -0.374 e. The third kappa shape index (κ3) is 4.94. The van der Waals surface area contributed by atoms with Gasteiger partial charge in [-0.25, -0.2) is 4.79 Å². The third-order valence-corrected chi connectivity index (χ3v) is 4.43. The summed E-state index contributed by atoms with van der Waals surface area (Å²) >= 11 is 0. The molecular formula is C16H27N5O2. The molecule has 0 aromatic carbocycles. The summed E-state index contributed by atoms with van der Waals surface area (Å²) in [6, 6.07) is -0.00224. The first-order valence-electron chi connectivity index (χ1n) is 8.40. The number of morpholine rings is 1. The Morgan fingerprint density at radius 3 is 2.91 bits per heavy atom. The van der Waals surface area contributed by atoms with E-state index in [1.165, 1.54) is 12.8 Å².